The molecule has 3 aromatic rings. The van der Waals surface area contributed by atoms with Crippen LogP contribution in [0.3, 0.4) is 0 Å². The number of hydrogen-bond donors (Lipinski definition) is 2. The van der Waals surface area contributed by atoms with Gasteiger partial charge in [0.1, 0.15) is 18.2 Å². The van der Waals surface area contributed by atoms with Gasteiger partial charge in [-0.3, -0.25) is 4.79 Å². The van der Waals surface area contributed by atoms with Gasteiger partial charge in [-0.1, -0.05) is 18.2 Å². The predicted octanol–water partition coefficient (Wildman–Crippen LogP) is 3.57. The number of benzene rings is 3. The van der Waals surface area contributed by atoms with Crippen molar-refractivity contribution in [1.29, 1.82) is 0 Å². The van der Waals surface area contributed by atoms with E-state index in [-0.39, 0.29) is 23.2 Å². The van der Waals surface area contributed by atoms with Gasteiger partial charge >= 0.3 is 0 Å². The molecular weight excluding hydrogens is 395 g/mol. The number of sulfonamides is 1. The molecule has 3 aromatic carbocycles. The van der Waals surface area contributed by atoms with Gasteiger partial charge in [0, 0.05) is 17.3 Å². The molecule has 150 valence electrons. The van der Waals surface area contributed by atoms with Crippen LogP contribution in [0.15, 0.2) is 77.7 Å². The second-order valence-corrected chi connectivity index (χ2v) is 8.02. The standard InChI is InChI=1S/C21H19FN2O4S/c1-23-29(26,27)20-10-8-16(9-11-20)21(25)24-18-6-2-4-15(12-18)14-28-19-7-3-5-17(22)13-19/h2-13,23H,14H2,1H3,(H,24,25). The van der Waals surface area contributed by atoms with Crippen LogP contribution in [0.5, 0.6) is 5.75 Å². The molecule has 8 heteroatoms. The third-order valence-electron chi connectivity index (χ3n) is 4.08. The van der Waals surface area contributed by atoms with Gasteiger partial charge in [-0.15, -0.1) is 0 Å². The fourth-order valence-electron chi connectivity index (χ4n) is 2.57. The van der Waals surface area contributed by atoms with Crippen molar-refractivity contribution in [2.45, 2.75) is 11.5 Å². The van der Waals surface area contributed by atoms with Gasteiger partial charge in [-0.2, -0.15) is 0 Å². The van der Waals surface area contributed by atoms with Crippen LogP contribution in [0.25, 0.3) is 0 Å². The van der Waals surface area contributed by atoms with E-state index in [0.29, 0.717) is 17.0 Å². The van der Waals surface area contributed by atoms with Crippen molar-refractivity contribution in [3.63, 3.8) is 0 Å². The summed E-state index contributed by atoms with van der Waals surface area (Å²) in [6, 6.07) is 18.5. The summed E-state index contributed by atoms with van der Waals surface area (Å²) in [5.74, 6) is -0.338. The Balaban J connectivity index is 1.65. The average molecular weight is 414 g/mol. The molecule has 0 atom stereocenters. The third-order valence-corrected chi connectivity index (χ3v) is 5.51. The van der Waals surface area contributed by atoms with Crippen molar-refractivity contribution >= 4 is 21.6 Å². The average Bonchev–Trinajstić information content (AvgIpc) is 2.73. The molecule has 0 fully saturated rings. The minimum atomic E-state index is -3.56. The summed E-state index contributed by atoms with van der Waals surface area (Å²) in [5.41, 5.74) is 1.67. The summed E-state index contributed by atoms with van der Waals surface area (Å²) in [5, 5.41) is 2.76. The van der Waals surface area contributed by atoms with Gasteiger partial charge < -0.3 is 10.1 Å². The topological polar surface area (TPSA) is 84.5 Å². The Hall–Kier alpha value is -3.23. The summed E-state index contributed by atoms with van der Waals surface area (Å²) >= 11 is 0. The zero-order valence-corrected chi connectivity index (χ0v) is 16.4. The van der Waals surface area contributed by atoms with Crippen LogP contribution in [-0.4, -0.2) is 21.4 Å². The summed E-state index contributed by atoms with van der Waals surface area (Å²) in [6.07, 6.45) is 0. The van der Waals surface area contributed by atoms with Crippen LogP contribution in [0.1, 0.15) is 15.9 Å². The number of carbonyl (C=O) groups is 1. The lowest BCUT2D eigenvalue weighted by Crippen LogP contribution is -2.19. The van der Waals surface area contributed by atoms with E-state index >= 15 is 0 Å². The first-order valence-electron chi connectivity index (χ1n) is 8.70. The second-order valence-electron chi connectivity index (χ2n) is 6.13. The highest BCUT2D eigenvalue weighted by Gasteiger charge is 2.13. The molecule has 6 nitrogen and oxygen atoms in total. The Bertz CT molecular complexity index is 1120. The van der Waals surface area contributed by atoms with E-state index < -0.39 is 10.0 Å². The maximum absolute atomic E-state index is 13.2. The quantitative estimate of drug-likeness (QED) is 0.619. The molecule has 0 heterocycles. The molecule has 0 aliphatic heterocycles. The van der Waals surface area contributed by atoms with Crippen molar-refractivity contribution in [3.8, 4) is 5.75 Å². The number of hydrogen-bond acceptors (Lipinski definition) is 4. The first kappa shape index (κ1) is 20.5. The highest BCUT2D eigenvalue weighted by atomic mass is 32.2. The maximum Gasteiger partial charge on any atom is 0.255 e. The highest BCUT2D eigenvalue weighted by molar-refractivity contribution is 7.89. The lowest BCUT2D eigenvalue weighted by molar-refractivity contribution is 0.102. The molecule has 0 saturated carbocycles. The fraction of sp³-hybridized carbons (Fsp3) is 0.0952. The number of anilines is 1. The molecule has 2 N–H and O–H groups in total. The van der Waals surface area contributed by atoms with Gasteiger partial charge in [-0.25, -0.2) is 17.5 Å². The second kappa shape index (κ2) is 8.85. The van der Waals surface area contributed by atoms with E-state index in [1.54, 1.807) is 30.3 Å². The van der Waals surface area contributed by atoms with E-state index in [2.05, 4.69) is 10.0 Å². The van der Waals surface area contributed by atoms with Crippen LogP contribution in [0, 0.1) is 5.82 Å². The van der Waals surface area contributed by atoms with Gasteiger partial charge in [0.25, 0.3) is 5.91 Å². The predicted molar refractivity (Wildman–Crippen MR) is 108 cm³/mol. The molecule has 0 aromatic heterocycles. The number of amides is 1. The number of nitrogens with one attached hydrogen (secondary N) is 2. The molecule has 1 amide bonds. The van der Waals surface area contributed by atoms with Crippen molar-refractivity contribution < 1.29 is 22.3 Å². The summed E-state index contributed by atoms with van der Waals surface area (Å²) < 4.78 is 44.5. The van der Waals surface area contributed by atoms with Gasteiger partial charge in [0.05, 0.1) is 4.90 Å². The molecule has 0 aliphatic carbocycles. The largest absolute Gasteiger partial charge is 0.489 e. The lowest BCUT2D eigenvalue weighted by Gasteiger charge is -2.10. The van der Waals surface area contributed by atoms with E-state index in [0.717, 1.165) is 5.56 Å². The number of ether oxygens (including phenoxy) is 1. The van der Waals surface area contributed by atoms with Crippen molar-refractivity contribution in [2.24, 2.45) is 0 Å². The van der Waals surface area contributed by atoms with Gasteiger partial charge in [0.2, 0.25) is 10.0 Å². The molecule has 0 radical (unpaired) electrons. The van der Waals surface area contributed by atoms with Crippen molar-refractivity contribution in [3.05, 3.63) is 89.7 Å². The van der Waals surface area contributed by atoms with Crippen molar-refractivity contribution in [1.82, 2.24) is 4.72 Å². The molecule has 0 aliphatic rings. The first-order valence-corrected chi connectivity index (χ1v) is 10.2. The Morgan fingerprint density at radius 3 is 2.41 bits per heavy atom. The highest BCUT2D eigenvalue weighted by Crippen LogP contribution is 2.17. The molecule has 0 bridgehead atoms. The smallest absolute Gasteiger partial charge is 0.255 e. The Labute approximate surface area is 168 Å². The number of halogens is 1. The van der Waals surface area contributed by atoms with Gasteiger partial charge in [0.15, 0.2) is 0 Å². The molecule has 29 heavy (non-hydrogen) atoms. The normalized spacial score (nSPS) is 11.1. The Kier molecular flexibility index (Phi) is 6.26. The van der Waals surface area contributed by atoms with E-state index in [1.807, 2.05) is 6.07 Å². The van der Waals surface area contributed by atoms with E-state index in [4.69, 9.17) is 4.74 Å². The monoisotopic (exact) mass is 414 g/mol. The third kappa shape index (κ3) is 5.40. The first-order chi connectivity index (χ1) is 13.9. The minimum Gasteiger partial charge on any atom is -0.489 e. The Morgan fingerprint density at radius 2 is 1.72 bits per heavy atom. The van der Waals surface area contributed by atoms with E-state index in [9.17, 15) is 17.6 Å². The van der Waals surface area contributed by atoms with Crippen LogP contribution in [0.4, 0.5) is 10.1 Å². The number of carbonyl (C=O) groups excluding carboxylic acids is 1. The number of rotatable bonds is 7. The van der Waals surface area contributed by atoms with Crippen LogP contribution >= 0.6 is 0 Å². The van der Waals surface area contributed by atoms with Crippen LogP contribution in [-0.2, 0) is 16.6 Å². The van der Waals surface area contributed by atoms with Gasteiger partial charge in [-0.05, 0) is 61.1 Å². The van der Waals surface area contributed by atoms with Crippen LogP contribution < -0.4 is 14.8 Å². The molecule has 3 rings (SSSR count). The van der Waals surface area contributed by atoms with E-state index in [1.165, 1.54) is 43.4 Å². The summed E-state index contributed by atoms with van der Waals surface area (Å²) in [7, 11) is -2.24. The summed E-state index contributed by atoms with van der Waals surface area (Å²) in [4.78, 5) is 12.5. The Morgan fingerprint density at radius 1 is 1.00 bits per heavy atom. The minimum absolute atomic E-state index is 0.0769. The lowest BCUT2D eigenvalue weighted by atomic mass is 10.2. The SMILES string of the molecule is CNS(=O)(=O)c1ccc(C(=O)Nc2cccc(COc3cccc(F)c3)c2)cc1. The fourth-order valence-corrected chi connectivity index (χ4v) is 3.30. The molecule has 0 spiro atoms. The zero-order valence-electron chi connectivity index (χ0n) is 15.6. The molecule has 0 saturated heterocycles. The molecular formula is C21H19FN2O4S. The molecule has 0 unspecified atom stereocenters. The van der Waals surface area contributed by atoms with Crippen molar-refractivity contribution in [2.75, 3.05) is 12.4 Å². The maximum atomic E-state index is 13.2. The summed E-state index contributed by atoms with van der Waals surface area (Å²) in [6.45, 7) is 0.212. The van der Waals surface area contributed by atoms with Crippen LogP contribution in [0.2, 0.25) is 0 Å². The zero-order chi connectivity index (χ0) is 20.9.